The summed E-state index contributed by atoms with van der Waals surface area (Å²) in [6.45, 7) is 11.5. The summed E-state index contributed by atoms with van der Waals surface area (Å²) < 4.78 is 0. The molecule has 1 unspecified atom stereocenters. The summed E-state index contributed by atoms with van der Waals surface area (Å²) in [5.41, 5.74) is 4.06. The summed E-state index contributed by atoms with van der Waals surface area (Å²) >= 11 is 6.63. The van der Waals surface area contributed by atoms with Crippen molar-refractivity contribution in [2.45, 2.75) is 52.6 Å². The van der Waals surface area contributed by atoms with E-state index in [1.807, 2.05) is 12.1 Å². The van der Waals surface area contributed by atoms with Crippen LogP contribution in [-0.4, -0.2) is 30.2 Å². The quantitative estimate of drug-likeness (QED) is 0.564. The van der Waals surface area contributed by atoms with Crippen molar-refractivity contribution in [3.8, 4) is 0 Å². The molecule has 2 aromatic rings. The number of aromatic carboxylic acids is 1. The molecular formula is C25H33ClN2O2. The molecule has 4 nitrogen and oxygen atoms in total. The van der Waals surface area contributed by atoms with Gasteiger partial charge in [-0.2, -0.15) is 0 Å². The molecule has 0 saturated carbocycles. The Labute approximate surface area is 185 Å². The van der Waals surface area contributed by atoms with E-state index >= 15 is 0 Å². The van der Waals surface area contributed by atoms with Gasteiger partial charge in [0.1, 0.15) is 0 Å². The average Bonchev–Trinajstić information content (AvgIpc) is 3.03. The molecule has 0 bridgehead atoms. The Hall–Kier alpha value is -1.88. The molecular weight excluding hydrogens is 396 g/mol. The van der Waals surface area contributed by atoms with Gasteiger partial charge in [-0.25, -0.2) is 4.79 Å². The average molecular weight is 429 g/mol. The first-order valence-corrected chi connectivity index (χ1v) is 11.0. The molecule has 3 atom stereocenters. The third kappa shape index (κ3) is 5.84. The molecule has 0 radical (unpaired) electrons. The largest absolute Gasteiger partial charge is 0.478 e. The van der Waals surface area contributed by atoms with Gasteiger partial charge in [0, 0.05) is 36.6 Å². The molecule has 0 aliphatic carbocycles. The highest BCUT2D eigenvalue weighted by molar-refractivity contribution is 6.31. The fourth-order valence-electron chi connectivity index (χ4n) is 4.45. The van der Waals surface area contributed by atoms with Crippen LogP contribution in [0.2, 0.25) is 5.02 Å². The summed E-state index contributed by atoms with van der Waals surface area (Å²) in [6, 6.07) is 13.9. The number of benzene rings is 2. The molecule has 2 aromatic carbocycles. The third-order valence-corrected chi connectivity index (χ3v) is 6.26. The fraction of sp³-hybridized carbons (Fsp3) is 0.480. The van der Waals surface area contributed by atoms with Gasteiger partial charge in [-0.05, 0) is 59.6 Å². The van der Waals surface area contributed by atoms with E-state index in [4.69, 9.17) is 16.7 Å². The van der Waals surface area contributed by atoms with Crippen molar-refractivity contribution in [3.63, 3.8) is 0 Å². The molecule has 1 aliphatic heterocycles. The highest BCUT2D eigenvalue weighted by Gasteiger charge is 2.38. The van der Waals surface area contributed by atoms with Crippen LogP contribution in [0.3, 0.4) is 0 Å². The lowest BCUT2D eigenvalue weighted by atomic mass is 9.78. The number of carbonyl (C=O) groups is 1. The minimum atomic E-state index is -0.894. The van der Waals surface area contributed by atoms with Crippen LogP contribution in [0.25, 0.3) is 0 Å². The van der Waals surface area contributed by atoms with Crippen molar-refractivity contribution < 1.29 is 9.90 Å². The molecule has 3 rings (SSSR count). The van der Waals surface area contributed by atoms with Crippen LogP contribution in [0, 0.1) is 18.3 Å². The number of aryl methyl sites for hydroxylation is 1. The predicted molar refractivity (Wildman–Crippen MR) is 123 cm³/mol. The first kappa shape index (κ1) is 22.8. The summed E-state index contributed by atoms with van der Waals surface area (Å²) in [4.78, 5) is 11.0. The molecule has 3 N–H and O–H groups in total. The van der Waals surface area contributed by atoms with Crippen LogP contribution < -0.4 is 10.6 Å². The number of hydrogen-bond acceptors (Lipinski definition) is 3. The smallest absolute Gasteiger partial charge is 0.335 e. The van der Waals surface area contributed by atoms with Crippen LogP contribution in [-0.2, 0) is 6.54 Å². The fourth-order valence-corrected chi connectivity index (χ4v) is 4.83. The Bertz CT molecular complexity index is 874. The third-order valence-electron chi connectivity index (χ3n) is 5.93. The minimum absolute atomic E-state index is 0.245. The van der Waals surface area contributed by atoms with E-state index in [2.05, 4.69) is 56.5 Å². The van der Waals surface area contributed by atoms with Gasteiger partial charge in [0.25, 0.3) is 0 Å². The van der Waals surface area contributed by atoms with E-state index in [1.54, 1.807) is 12.1 Å². The lowest BCUT2D eigenvalue weighted by Gasteiger charge is -2.30. The van der Waals surface area contributed by atoms with Gasteiger partial charge in [0.05, 0.1) is 5.56 Å². The molecule has 0 spiro atoms. The molecule has 162 valence electrons. The van der Waals surface area contributed by atoms with E-state index < -0.39 is 5.97 Å². The summed E-state index contributed by atoms with van der Waals surface area (Å²) in [6.07, 6.45) is 1.10. The Morgan fingerprint density at radius 3 is 2.50 bits per heavy atom. The van der Waals surface area contributed by atoms with E-state index in [0.717, 1.165) is 30.1 Å². The van der Waals surface area contributed by atoms with Crippen molar-refractivity contribution in [1.29, 1.82) is 0 Å². The Balaban J connectivity index is 1.72. The number of carboxylic acids is 1. The zero-order chi connectivity index (χ0) is 21.9. The van der Waals surface area contributed by atoms with Gasteiger partial charge in [0.2, 0.25) is 0 Å². The molecule has 5 heteroatoms. The van der Waals surface area contributed by atoms with Gasteiger partial charge in [-0.15, -0.1) is 0 Å². The Kier molecular flexibility index (Phi) is 7.22. The van der Waals surface area contributed by atoms with Crippen LogP contribution in [0.1, 0.15) is 60.2 Å². The second-order valence-corrected chi connectivity index (χ2v) is 10.1. The lowest BCUT2D eigenvalue weighted by Crippen LogP contribution is -2.37. The van der Waals surface area contributed by atoms with Gasteiger partial charge >= 0.3 is 5.97 Å². The van der Waals surface area contributed by atoms with E-state index in [-0.39, 0.29) is 5.41 Å². The minimum Gasteiger partial charge on any atom is -0.478 e. The molecule has 1 saturated heterocycles. The Morgan fingerprint density at radius 2 is 1.90 bits per heavy atom. The number of nitrogens with one attached hydrogen (secondary N) is 2. The van der Waals surface area contributed by atoms with Gasteiger partial charge in [-0.3, -0.25) is 0 Å². The highest BCUT2D eigenvalue weighted by Crippen LogP contribution is 2.39. The molecule has 1 heterocycles. The van der Waals surface area contributed by atoms with Crippen LogP contribution >= 0.6 is 11.6 Å². The van der Waals surface area contributed by atoms with Gasteiger partial charge < -0.3 is 15.7 Å². The van der Waals surface area contributed by atoms with Crippen LogP contribution in [0.15, 0.2) is 42.5 Å². The normalized spacial score (nSPS) is 21.7. The first-order valence-electron chi connectivity index (χ1n) is 10.7. The maximum Gasteiger partial charge on any atom is 0.335 e. The first-order chi connectivity index (χ1) is 14.1. The van der Waals surface area contributed by atoms with Crippen molar-refractivity contribution in [2.24, 2.45) is 11.3 Å². The zero-order valence-electron chi connectivity index (χ0n) is 18.3. The molecule has 1 fully saturated rings. The van der Waals surface area contributed by atoms with Crippen LogP contribution in [0.5, 0.6) is 0 Å². The second-order valence-electron chi connectivity index (χ2n) is 9.71. The van der Waals surface area contributed by atoms with Crippen LogP contribution in [0.4, 0.5) is 0 Å². The predicted octanol–water partition coefficient (Wildman–Crippen LogP) is 5.24. The standard InChI is InChI=1S/C25H33ClN2O2/c1-16-5-10-19(22(26)11-16)20-15-28-23(12-25(2,3)4)21(20)14-27-13-17-6-8-18(9-7-17)24(29)30/h5-11,20-21,23,27-28H,12-15H2,1-4H3,(H,29,30)/t20-,21+,23?/m1/s1. The monoisotopic (exact) mass is 428 g/mol. The SMILES string of the molecule is Cc1ccc([C@H]2CNC(CC(C)(C)C)[C@H]2CNCc2ccc(C(=O)O)cc2)c(Cl)c1. The van der Waals surface area contributed by atoms with E-state index in [1.165, 1.54) is 11.1 Å². The topological polar surface area (TPSA) is 61.4 Å². The number of rotatable bonds is 7. The molecule has 0 amide bonds. The van der Waals surface area contributed by atoms with Crippen molar-refractivity contribution in [2.75, 3.05) is 13.1 Å². The summed E-state index contributed by atoms with van der Waals surface area (Å²) in [7, 11) is 0. The molecule has 0 aromatic heterocycles. The molecule has 1 aliphatic rings. The van der Waals surface area contributed by atoms with E-state index in [0.29, 0.717) is 30.0 Å². The van der Waals surface area contributed by atoms with Gasteiger partial charge in [-0.1, -0.05) is 56.6 Å². The zero-order valence-corrected chi connectivity index (χ0v) is 19.1. The Morgan fingerprint density at radius 1 is 1.20 bits per heavy atom. The summed E-state index contributed by atoms with van der Waals surface area (Å²) in [5, 5.41) is 17.3. The lowest BCUT2D eigenvalue weighted by molar-refractivity contribution is 0.0697. The highest BCUT2D eigenvalue weighted by atomic mass is 35.5. The number of hydrogen-bond donors (Lipinski definition) is 3. The molecule has 30 heavy (non-hydrogen) atoms. The second kappa shape index (κ2) is 9.51. The van der Waals surface area contributed by atoms with Crippen molar-refractivity contribution >= 4 is 17.6 Å². The maximum atomic E-state index is 11.0. The van der Waals surface area contributed by atoms with E-state index in [9.17, 15) is 4.79 Å². The maximum absolute atomic E-state index is 11.0. The van der Waals surface area contributed by atoms with Crippen molar-refractivity contribution in [1.82, 2.24) is 10.6 Å². The van der Waals surface area contributed by atoms with Gasteiger partial charge in [0.15, 0.2) is 0 Å². The number of carboxylic acid groups (broad SMARTS) is 1. The number of halogens is 1. The summed E-state index contributed by atoms with van der Waals surface area (Å²) in [5.74, 6) is -0.0931. The van der Waals surface area contributed by atoms with Crippen molar-refractivity contribution in [3.05, 3.63) is 69.7 Å².